The molecule has 2 aromatic heterocycles. The highest BCUT2D eigenvalue weighted by molar-refractivity contribution is 6.00. The summed E-state index contributed by atoms with van der Waals surface area (Å²) in [6.45, 7) is 6.57. The van der Waals surface area contributed by atoms with Crippen LogP contribution in [0.15, 0.2) is 24.8 Å². The molecule has 0 unspecified atom stereocenters. The quantitative estimate of drug-likeness (QED) is 0.854. The fourth-order valence-electron chi connectivity index (χ4n) is 1.78. The number of imidazole rings is 1. The van der Waals surface area contributed by atoms with E-state index in [-0.39, 0.29) is 11.7 Å². The van der Waals surface area contributed by atoms with E-state index >= 15 is 0 Å². The lowest BCUT2D eigenvalue weighted by molar-refractivity contribution is 0.0935. The van der Waals surface area contributed by atoms with E-state index in [1.807, 2.05) is 31.5 Å². The number of hydrogen-bond donors (Lipinski definition) is 1. The van der Waals surface area contributed by atoms with Gasteiger partial charge >= 0.3 is 0 Å². The van der Waals surface area contributed by atoms with Crippen molar-refractivity contribution in [1.29, 1.82) is 0 Å². The number of carbonyl (C=O) groups excluding carboxylic acids is 1. The first-order valence-corrected chi connectivity index (χ1v) is 6.34. The van der Waals surface area contributed by atoms with Gasteiger partial charge in [-0.25, -0.2) is 4.98 Å². The van der Waals surface area contributed by atoms with Crippen molar-refractivity contribution < 1.29 is 4.79 Å². The number of carbonyl (C=O) groups is 1. The molecule has 0 fully saturated rings. The Kier molecular flexibility index (Phi) is 3.64. The summed E-state index contributed by atoms with van der Waals surface area (Å²) >= 11 is 0. The van der Waals surface area contributed by atoms with E-state index in [1.54, 1.807) is 18.6 Å². The molecule has 0 aliphatic carbocycles. The zero-order valence-electron chi connectivity index (χ0n) is 11.4. The number of nitrogens with two attached hydrogens (primary N) is 1. The van der Waals surface area contributed by atoms with Crippen LogP contribution in [0.4, 0.5) is 5.69 Å². The van der Waals surface area contributed by atoms with Crippen LogP contribution in [0.1, 0.15) is 31.3 Å². The summed E-state index contributed by atoms with van der Waals surface area (Å²) in [7, 11) is 0. The molecule has 100 valence electrons. The number of ketones is 1. The van der Waals surface area contributed by atoms with E-state index in [4.69, 9.17) is 5.73 Å². The lowest BCUT2D eigenvalue weighted by atomic mass is 10.0. The number of aromatic nitrogens is 3. The fraction of sp³-hybridized carbons (Fsp3) is 0.357. The van der Waals surface area contributed by atoms with Crippen LogP contribution < -0.4 is 5.73 Å². The van der Waals surface area contributed by atoms with Gasteiger partial charge in [0.15, 0.2) is 5.78 Å². The second kappa shape index (κ2) is 5.22. The smallest absolute Gasteiger partial charge is 0.185 e. The highest BCUT2D eigenvalue weighted by Gasteiger charge is 2.16. The van der Waals surface area contributed by atoms with Crippen LogP contribution in [-0.4, -0.2) is 20.3 Å². The van der Waals surface area contributed by atoms with Crippen molar-refractivity contribution in [2.45, 2.75) is 27.3 Å². The first kappa shape index (κ1) is 13.3. The number of rotatable bonds is 4. The molecule has 5 nitrogen and oxygen atoms in total. The number of nitrogen functional groups attached to an aromatic ring is 1. The molecule has 0 atom stereocenters. The molecule has 2 heterocycles. The Hall–Kier alpha value is -2.17. The van der Waals surface area contributed by atoms with Gasteiger partial charge < -0.3 is 10.3 Å². The van der Waals surface area contributed by atoms with Gasteiger partial charge in [0.2, 0.25) is 0 Å². The topological polar surface area (TPSA) is 73.8 Å². The molecule has 0 radical (unpaired) electrons. The van der Waals surface area contributed by atoms with Crippen molar-refractivity contribution in [2.24, 2.45) is 5.92 Å². The highest BCUT2D eigenvalue weighted by Crippen LogP contribution is 2.22. The van der Waals surface area contributed by atoms with Gasteiger partial charge in [-0.2, -0.15) is 0 Å². The maximum absolute atomic E-state index is 11.9. The standard InChI is InChI=1S/C14H18N4O/c1-4-18-7-12(17-8-18)10-5-11(15)13(16-6-10)14(19)9(2)3/h5-9H,4,15H2,1-3H3. The van der Waals surface area contributed by atoms with E-state index in [2.05, 4.69) is 9.97 Å². The molecule has 0 aliphatic rings. The van der Waals surface area contributed by atoms with Crippen LogP contribution in [0, 0.1) is 5.92 Å². The Balaban J connectivity index is 2.35. The molecular formula is C14H18N4O. The van der Waals surface area contributed by atoms with Gasteiger partial charge in [0.25, 0.3) is 0 Å². The van der Waals surface area contributed by atoms with Crippen molar-refractivity contribution >= 4 is 11.5 Å². The largest absolute Gasteiger partial charge is 0.397 e. The van der Waals surface area contributed by atoms with Crippen molar-refractivity contribution in [2.75, 3.05) is 5.73 Å². The van der Waals surface area contributed by atoms with E-state index in [1.165, 1.54) is 0 Å². The summed E-state index contributed by atoms with van der Waals surface area (Å²) in [5, 5.41) is 0. The molecule has 0 spiro atoms. The molecule has 0 saturated heterocycles. The summed E-state index contributed by atoms with van der Waals surface area (Å²) in [6, 6.07) is 1.75. The van der Waals surface area contributed by atoms with Crippen LogP contribution in [0.5, 0.6) is 0 Å². The van der Waals surface area contributed by atoms with Crippen LogP contribution in [0.25, 0.3) is 11.3 Å². The van der Waals surface area contributed by atoms with Crippen molar-refractivity contribution in [1.82, 2.24) is 14.5 Å². The van der Waals surface area contributed by atoms with Crippen molar-refractivity contribution in [3.8, 4) is 11.3 Å². The van der Waals surface area contributed by atoms with Gasteiger partial charge in [-0.15, -0.1) is 0 Å². The van der Waals surface area contributed by atoms with Gasteiger partial charge in [0, 0.05) is 30.4 Å². The first-order chi connectivity index (χ1) is 9.02. The molecule has 0 aliphatic heterocycles. The van der Waals surface area contributed by atoms with Crippen molar-refractivity contribution in [3.63, 3.8) is 0 Å². The molecule has 0 aromatic carbocycles. The minimum absolute atomic E-state index is 0.0388. The minimum Gasteiger partial charge on any atom is -0.397 e. The van der Waals surface area contributed by atoms with Crippen molar-refractivity contribution in [3.05, 3.63) is 30.5 Å². The maximum atomic E-state index is 11.9. The Morgan fingerprint density at radius 2 is 2.16 bits per heavy atom. The molecule has 0 bridgehead atoms. The van der Waals surface area contributed by atoms with Gasteiger partial charge in [-0.1, -0.05) is 13.8 Å². The van der Waals surface area contributed by atoms with Gasteiger partial charge in [0.05, 0.1) is 17.7 Å². The Morgan fingerprint density at radius 3 is 2.68 bits per heavy atom. The first-order valence-electron chi connectivity index (χ1n) is 6.34. The zero-order chi connectivity index (χ0) is 14.0. The average Bonchev–Trinajstić information content (AvgIpc) is 2.86. The van der Waals surface area contributed by atoms with Crippen LogP contribution in [0.2, 0.25) is 0 Å². The second-order valence-corrected chi connectivity index (χ2v) is 4.77. The number of hydrogen-bond acceptors (Lipinski definition) is 4. The zero-order valence-corrected chi connectivity index (χ0v) is 11.4. The fourth-order valence-corrected chi connectivity index (χ4v) is 1.78. The van der Waals surface area contributed by atoms with Crippen LogP contribution in [0.3, 0.4) is 0 Å². The summed E-state index contributed by atoms with van der Waals surface area (Å²) in [5.41, 5.74) is 8.30. The molecule has 0 saturated carbocycles. The Morgan fingerprint density at radius 1 is 1.42 bits per heavy atom. The monoisotopic (exact) mass is 258 g/mol. The summed E-state index contributed by atoms with van der Waals surface area (Å²) < 4.78 is 1.97. The number of pyridine rings is 1. The molecular weight excluding hydrogens is 240 g/mol. The number of aryl methyl sites for hydroxylation is 1. The molecule has 2 N–H and O–H groups in total. The lowest BCUT2D eigenvalue weighted by Crippen LogP contribution is -2.12. The molecule has 0 amide bonds. The van der Waals surface area contributed by atoms with E-state index < -0.39 is 0 Å². The summed E-state index contributed by atoms with van der Waals surface area (Å²) in [5.74, 6) is -0.150. The van der Waals surface area contributed by atoms with Gasteiger partial charge in [0.1, 0.15) is 5.69 Å². The normalized spacial score (nSPS) is 10.9. The number of anilines is 1. The third-order valence-electron chi connectivity index (χ3n) is 2.97. The molecule has 2 rings (SSSR count). The minimum atomic E-state index is -0.111. The van der Waals surface area contributed by atoms with E-state index in [9.17, 15) is 4.79 Å². The summed E-state index contributed by atoms with van der Waals surface area (Å²) in [6.07, 6.45) is 5.34. The lowest BCUT2D eigenvalue weighted by Gasteiger charge is -2.07. The Bertz CT molecular complexity index is 601. The molecule has 5 heteroatoms. The second-order valence-electron chi connectivity index (χ2n) is 4.77. The average molecular weight is 258 g/mol. The van der Waals surface area contributed by atoms with E-state index in [0.29, 0.717) is 11.4 Å². The van der Waals surface area contributed by atoms with Crippen LogP contribution in [-0.2, 0) is 6.54 Å². The predicted octanol–water partition coefficient (Wildman–Crippen LogP) is 2.39. The number of nitrogens with zero attached hydrogens (tertiary/aromatic N) is 3. The highest BCUT2D eigenvalue weighted by atomic mass is 16.1. The SMILES string of the molecule is CCn1cnc(-c2cnc(C(=O)C(C)C)c(N)c2)c1. The maximum Gasteiger partial charge on any atom is 0.185 e. The number of Topliss-reactive ketones (excluding diaryl/α,β-unsaturated/α-hetero) is 1. The third kappa shape index (κ3) is 2.65. The predicted molar refractivity (Wildman–Crippen MR) is 74.7 cm³/mol. The molecule has 19 heavy (non-hydrogen) atoms. The van der Waals surface area contributed by atoms with Gasteiger partial charge in [-0.3, -0.25) is 9.78 Å². The Labute approximate surface area is 112 Å². The summed E-state index contributed by atoms with van der Waals surface area (Å²) in [4.78, 5) is 20.4. The molecule has 2 aromatic rings. The van der Waals surface area contributed by atoms with Crippen LogP contribution >= 0.6 is 0 Å². The third-order valence-corrected chi connectivity index (χ3v) is 2.97. The van der Waals surface area contributed by atoms with Gasteiger partial charge in [-0.05, 0) is 13.0 Å². The van der Waals surface area contributed by atoms with E-state index in [0.717, 1.165) is 17.8 Å².